The third-order valence-electron chi connectivity index (χ3n) is 4.07. The van der Waals surface area contributed by atoms with Crippen LogP contribution in [0.2, 0.25) is 0 Å². The van der Waals surface area contributed by atoms with Gasteiger partial charge in [-0.25, -0.2) is 9.97 Å². The van der Waals surface area contributed by atoms with Crippen molar-refractivity contribution in [3.8, 4) is 0 Å². The minimum absolute atomic E-state index is 0.111. The summed E-state index contributed by atoms with van der Waals surface area (Å²) in [7, 11) is 0. The van der Waals surface area contributed by atoms with Crippen molar-refractivity contribution >= 4 is 11.9 Å². The normalized spacial score (nSPS) is 18.3. The largest absolute Gasteiger partial charge is 0.368 e. The average molecular weight is 326 g/mol. The number of aromatic nitrogens is 3. The van der Waals surface area contributed by atoms with E-state index in [0.29, 0.717) is 11.4 Å². The van der Waals surface area contributed by atoms with E-state index >= 15 is 0 Å². The molecule has 1 aliphatic rings. The van der Waals surface area contributed by atoms with Gasteiger partial charge in [0.15, 0.2) is 0 Å². The average Bonchev–Trinajstić information content (AvgIpc) is 2.55. The van der Waals surface area contributed by atoms with Gasteiger partial charge in [-0.1, -0.05) is 6.07 Å². The third-order valence-corrected chi connectivity index (χ3v) is 4.07. The Bertz CT molecular complexity index is 685. The minimum atomic E-state index is -0.194. The minimum Gasteiger partial charge on any atom is -0.368 e. The van der Waals surface area contributed by atoms with Crippen LogP contribution in [0.25, 0.3) is 0 Å². The number of likely N-dealkylation sites (tertiary alicyclic amines) is 1. The maximum atomic E-state index is 12.4. The van der Waals surface area contributed by atoms with Gasteiger partial charge in [0.25, 0.3) is 5.91 Å². The van der Waals surface area contributed by atoms with Crippen molar-refractivity contribution in [2.45, 2.75) is 32.4 Å². The summed E-state index contributed by atoms with van der Waals surface area (Å²) < 4.78 is 0. The van der Waals surface area contributed by atoms with E-state index in [1.54, 1.807) is 19.2 Å². The first-order valence-corrected chi connectivity index (χ1v) is 8.13. The molecule has 0 aromatic carbocycles. The van der Waals surface area contributed by atoms with E-state index in [1.807, 2.05) is 12.3 Å². The lowest BCUT2D eigenvalue weighted by molar-refractivity contribution is 0.0895. The lowest BCUT2D eigenvalue weighted by Gasteiger charge is -2.33. The van der Waals surface area contributed by atoms with E-state index in [2.05, 4.69) is 31.2 Å². The Morgan fingerprint density at radius 1 is 1.46 bits per heavy atom. The number of aryl methyl sites for hydroxylation is 1. The Morgan fingerprint density at radius 3 is 3.08 bits per heavy atom. The summed E-state index contributed by atoms with van der Waals surface area (Å²) in [4.78, 5) is 26.9. The number of nitrogens with two attached hydrogens (primary N) is 1. The van der Waals surface area contributed by atoms with Crippen LogP contribution in [0.1, 0.15) is 34.6 Å². The van der Waals surface area contributed by atoms with Crippen molar-refractivity contribution < 1.29 is 4.79 Å². The molecule has 0 unspecified atom stereocenters. The fourth-order valence-electron chi connectivity index (χ4n) is 3.03. The molecule has 1 saturated heterocycles. The van der Waals surface area contributed by atoms with Crippen LogP contribution < -0.4 is 11.1 Å². The quantitative estimate of drug-likeness (QED) is 0.875. The number of anilines is 1. The molecule has 7 nitrogen and oxygen atoms in total. The number of pyridine rings is 1. The molecule has 2 aromatic heterocycles. The summed E-state index contributed by atoms with van der Waals surface area (Å²) in [6, 6.07) is 5.78. The number of hydrogen-bond acceptors (Lipinski definition) is 6. The highest BCUT2D eigenvalue weighted by Crippen LogP contribution is 2.14. The molecular weight excluding hydrogens is 304 g/mol. The molecule has 1 amide bonds. The fraction of sp³-hybridized carbons (Fsp3) is 0.412. The molecule has 1 fully saturated rings. The number of piperidine rings is 1. The number of carbonyl (C=O) groups is 1. The van der Waals surface area contributed by atoms with E-state index in [9.17, 15) is 4.79 Å². The molecule has 0 saturated carbocycles. The Kier molecular flexibility index (Phi) is 5.00. The molecule has 0 aliphatic carbocycles. The summed E-state index contributed by atoms with van der Waals surface area (Å²) >= 11 is 0. The highest BCUT2D eigenvalue weighted by Gasteiger charge is 2.22. The first-order chi connectivity index (χ1) is 11.6. The molecule has 0 bridgehead atoms. The molecule has 3 N–H and O–H groups in total. The van der Waals surface area contributed by atoms with Gasteiger partial charge in [-0.2, -0.15) is 0 Å². The zero-order valence-corrected chi connectivity index (χ0v) is 13.8. The molecule has 0 radical (unpaired) electrons. The number of rotatable bonds is 4. The zero-order chi connectivity index (χ0) is 16.9. The van der Waals surface area contributed by atoms with E-state index in [4.69, 9.17) is 5.73 Å². The molecular formula is C17H22N6O. The van der Waals surface area contributed by atoms with E-state index < -0.39 is 0 Å². The van der Waals surface area contributed by atoms with E-state index in [0.717, 1.165) is 32.5 Å². The maximum Gasteiger partial charge on any atom is 0.270 e. The molecule has 2 aromatic rings. The Morgan fingerprint density at radius 2 is 2.33 bits per heavy atom. The Balaban J connectivity index is 1.59. The molecule has 0 spiro atoms. The van der Waals surface area contributed by atoms with Crippen LogP contribution in [0.3, 0.4) is 0 Å². The second-order valence-electron chi connectivity index (χ2n) is 6.16. The van der Waals surface area contributed by atoms with Crippen LogP contribution in [0.15, 0.2) is 30.6 Å². The van der Waals surface area contributed by atoms with Gasteiger partial charge in [-0.05, 0) is 44.0 Å². The van der Waals surface area contributed by atoms with Crippen molar-refractivity contribution in [3.05, 3.63) is 47.5 Å². The van der Waals surface area contributed by atoms with Crippen LogP contribution in [-0.2, 0) is 6.54 Å². The highest BCUT2D eigenvalue weighted by molar-refractivity contribution is 5.92. The summed E-state index contributed by atoms with van der Waals surface area (Å²) in [5.41, 5.74) is 7.82. The second kappa shape index (κ2) is 7.35. The van der Waals surface area contributed by atoms with Gasteiger partial charge in [-0.15, -0.1) is 0 Å². The lowest BCUT2D eigenvalue weighted by Crippen LogP contribution is -2.47. The van der Waals surface area contributed by atoms with Gasteiger partial charge in [-0.3, -0.25) is 14.7 Å². The maximum absolute atomic E-state index is 12.4. The van der Waals surface area contributed by atoms with Gasteiger partial charge in [0.2, 0.25) is 5.95 Å². The first-order valence-electron chi connectivity index (χ1n) is 8.13. The predicted molar refractivity (Wildman–Crippen MR) is 91.2 cm³/mol. The van der Waals surface area contributed by atoms with Crippen LogP contribution in [0.4, 0.5) is 5.95 Å². The van der Waals surface area contributed by atoms with Gasteiger partial charge in [0.05, 0.1) is 0 Å². The van der Waals surface area contributed by atoms with Gasteiger partial charge in [0, 0.05) is 37.2 Å². The first kappa shape index (κ1) is 16.3. The van der Waals surface area contributed by atoms with Crippen LogP contribution in [0.5, 0.6) is 0 Å². The van der Waals surface area contributed by atoms with E-state index in [-0.39, 0.29) is 17.9 Å². The van der Waals surface area contributed by atoms with Crippen molar-refractivity contribution in [2.24, 2.45) is 0 Å². The summed E-state index contributed by atoms with van der Waals surface area (Å²) in [5.74, 6) is -0.0672. The lowest BCUT2D eigenvalue weighted by atomic mass is 10.0. The molecule has 126 valence electrons. The van der Waals surface area contributed by atoms with Gasteiger partial charge >= 0.3 is 0 Å². The Labute approximate surface area is 141 Å². The van der Waals surface area contributed by atoms with Crippen LogP contribution >= 0.6 is 0 Å². The zero-order valence-electron chi connectivity index (χ0n) is 13.8. The molecule has 7 heteroatoms. The smallest absolute Gasteiger partial charge is 0.270 e. The number of hydrogen-bond donors (Lipinski definition) is 2. The second-order valence-corrected chi connectivity index (χ2v) is 6.16. The number of carbonyl (C=O) groups excluding carboxylic acids is 1. The van der Waals surface area contributed by atoms with Crippen LogP contribution in [-0.4, -0.2) is 44.9 Å². The molecule has 3 heterocycles. The molecule has 1 aliphatic heterocycles. The van der Waals surface area contributed by atoms with Crippen molar-refractivity contribution in [1.82, 2.24) is 25.2 Å². The van der Waals surface area contributed by atoms with Crippen LogP contribution in [0, 0.1) is 6.92 Å². The summed E-state index contributed by atoms with van der Waals surface area (Å²) in [6.07, 6.45) is 5.68. The fourth-order valence-corrected chi connectivity index (χ4v) is 3.03. The molecule has 24 heavy (non-hydrogen) atoms. The third kappa shape index (κ3) is 4.26. The number of nitrogens with one attached hydrogen (secondary N) is 1. The molecule has 3 rings (SSSR count). The van der Waals surface area contributed by atoms with Crippen molar-refractivity contribution in [3.63, 3.8) is 0 Å². The number of amides is 1. The monoisotopic (exact) mass is 326 g/mol. The van der Waals surface area contributed by atoms with Gasteiger partial charge in [0.1, 0.15) is 5.69 Å². The Hall–Kier alpha value is -2.54. The van der Waals surface area contributed by atoms with Crippen molar-refractivity contribution in [2.75, 3.05) is 18.8 Å². The standard InChI is InChI=1S/C17H22N6O/c1-12-8-15(22-17(18)20-12)16(24)21-14-5-3-7-23(11-14)10-13-4-2-6-19-9-13/h2,4,6,8-9,14H,3,5,7,10-11H2,1H3,(H,21,24)(H2,18,20,22)/t14-/m1/s1. The number of nitrogens with zero attached hydrogens (tertiary/aromatic N) is 4. The highest BCUT2D eigenvalue weighted by atomic mass is 16.2. The molecule has 1 atom stereocenters. The predicted octanol–water partition coefficient (Wildman–Crippen LogP) is 1.16. The summed E-state index contributed by atoms with van der Waals surface area (Å²) in [5, 5.41) is 3.06. The van der Waals surface area contributed by atoms with E-state index in [1.165, 1.54) is 5.56 Å². The topological polar surface area (TPSA) is 97.0 Å². The van der Waals surface area contributed by atoms with Crippen molar-refractivity contribution in [1.29, 1.82) is 0 Å². The van der Waals surface area contributed by atoms with Gasteiger partial charge < -0.3 is 11.1 Å². The summed E-state index contributed by atoms with van der Waals surface area (Å²) in [6.45, 7) is 4.49. The SMILES string of the molecule is Cc1cc(C(=O)N[C@@H]2CCCN(Cc3cccnc3)C2)nc(N)n1. The number of nitrogen functional groups attached to an aromatic ring is 1.